The molecule has 2 aromatic rings. The van der Waals surface area contributed by atoms with E-state index >= 15 is 0 Å². The molecule has 0 bridgehead atoms. The topological polar surface area (TPSA) is 231 Å². The van der Waals surface area contributed by atoms with Gasteiger partial charge in [-0.05, 0) is 49.1 Å². The Morgan fingerprint density at radius 2 is 1.78 bits per heavy atom. The van der Waals surface area contributed by atoms with E-state index in [1.165, 1.54) is 13.1 Å². The lowest BCUT2D eigenvalue weighted by molar-refractivity contribution is -0.226. The highest BCUT2D eigenvalue weighted by molar-refractivity contribution is 6.30. The molecule has 1 fully saturated rings. The SMILES string of the molecule is COC(=O)C1(N=CC(CCCCN)=NN)CC(O)C(NC(C)=O)C(C(O)[C@H](O)CNC(=O)c2ccc(-c3ccccc3)cc2)O1. The largest absolute Gasteiger partial charge is 0.465 e. The Bertz CT molecular complexity index is 1340. The van der Waals surface area contributed by atoms with Crippen LogP contribution in [0.5, 0.6) is 0 Å². The number of aliphatic hydroxyl groups is 3. The quantitative estimate of drug-likeness (QED) is 0.0482. The summed E-state index contributed by atoms with van der Waals surface area (Å²) in [5.41, 5.74) is 5.89. The normalized spacial score (nSPS) is 23.2. The smallest absolute Gasteiger partial charge is 0.361 e. The summed E-state index contributed by atoms with van der Waals surface area (Å²) in [6.45, 7) is 1.23. The maximum absolute atomic E-state index is 13.0. The van der Waals surface area contributed by atoms with Gasteiger partial charge in [-0.2, -0.15) is 5.10 Å². The molecule has 14 heteroatoms. The molecule has 2 amide bonds. The zero-order valence-corrected chi connectivity index (χ0v) is 25.3. The number of nitrogens with zero attached hydrogens (tertiary/aromatic N) is 2. The van der Waals surface area contributed by atoms with Crippen molar-refractivity contribution >= 4 is 29.7 Å². The maximum Gasteiger partial charge on any atom is 0.361 e. The Kier molecular flexibility index (Phi) is 13.1. The van der Waals surface area contributed by atoms with Crippen LogP contribution in [-0.2, 0) is 19.1 Å². The van der Waals surface area contributed by atoms with Crippen molar-refractivity contribution in [2.45, 2.75) is 68.8 Å². The molecule has 0 aliphatic carbocycles. The van der Waals surface area contributed by atoms with Gasteiger partial charge in [-0.15, -0.1) is 0 Å². The van der Waals surface area contributed by atoms with Crippen molar-refractivity contribution < 1.29 is 39.2 Å². The number of carbonyl (C=O) groups is 3. The minimum Gasteiger partial charge on any atom is -0.465 e. The predicted octanol–water partition coefficient (Wildman–Crippen LogP) is -0.156. The van der Waals surface area contributed by atoms with E-state index in [0.29, 0.717) is 37.1 Å². The van der Waals surface area contributed by atoms with Crippen LogP contribution in [0.2, 0.25) is 0 Å². The number of esters is 1. The van der Waals surface area contributed by atoms with Crippen molar-refractivity contribution in [2.75, 3.05) is 20.2 Å². The zero-order valence-electron chi connectivity index (χ0n) is 25.3. The number of aliphatic imine (C=N–C) groups is 1. The van der Waals surface area contributed by atoms with E-state index in [9.17, 15) is 29.7 Å². The Hall–Kier alpha value is -4.21. The van der Waals surface area contributed by atoms with Crippen LogP contribution in [0.25, 0.3) is 11.1 Å². The van der Waals surface area contributed by atoms with Gasteiger partial charge in [0, 0.05) is 31.7 Å². The summed E-state index contributed by atoms with van der Waals surface area (Å²) in [6, 6.07) is 15.2. The first-order valence-corrected chi connectivity index (χ1v) is 14.6. The molecule has 3 rings (SSSR count). The van der Waals surface area contributed by atoms with Crippen molar-refractivity contribution in [1.29, 1.82) is 0 Å². The molecule has 244 valence electrons. The van der Waals surface area contributed by atoms with Crippen molar-refractivity contribution in [3.05, 3.63) is 60.2 Å². The minimum atomic E-state index is -2.18. The first kappa shape index (κ1) is 35.3. The molecule has 9 N–H and O–H groups in total. The molecule has 6 atom stereocenters. The number of hydrogen-bond donors (Lipinski definition) is 7. The number of ether oxygens (including phenoxy) is 2. The predicted molar refractivity (Wildman–Crippen MR) is 167 cm³/mol. The van der Waals surface area contributed by atoms with Gasteiger partial charge in [-0.3, -0.25) is 9.59 Å². The molecule has 0 spiro atoms. The number of methoxy groups -OCH3 is 1. The van der Waals surface area contributed by atoms with Crippen molar-refractivity contribution in [2.24, 2.45) is 21.7 Å². The summed E-state index contributed by atoms with van der Waals surface area (Å²) in [6.07, 6.45) is -4.02. The number of aliphatic hydroxyl groups excluding tert-OH is 3. The molecule has 45 heavy (non-hydrogen) atoms. The number of unbranched alkanes of at least 4 members (excludes halogenated alkanes) is 1. The molecular weight excluding hydrogens is 584 g/mol. The van der Waals surface area contributed by atoms with Gasteiger partial charge in [0.1, 0.15) is 12.2 Å². The van der Waals surface area contributed by atoms with Gasteiger partial charge in [0.05, 0.1) is 31.1 Å². The number of nitrogens with two attached hydrogens (primary N) is 2. The number of hydrazone groups is 1. The summed E-state index contributed by atoms with van der Waals surface area (Å²) in [7, 11) is 1.09. The summed E-state index contributed by atoms with van der Waals surface area (Å²) in [4.78, 5) is 42.0. The maximum atomic E-state index is 13.0. The zero-order chi connectivity index (χ0) is 33.0. The number of hydrogen-bond acceptors (Lipinski definition) is 12. The molecule has 0 saturated carbocycles. The van der Waals surface area contributed by atoms with E-state index in [4.69, 9.17) is 21.1 Å². The second kappa shape index (κ2) is 16.7. The monoisotopic (exact) mass is 626 g/mol. The van der Waals surface area contributed by atoms with Crippen LogP contribution in [-0.4, -0.2) is 101 Å². The van der Waals surface area contributed by atoms with Gasteiger partial charge in [0.15, 0.2) is 0 Å². The standard InChI is InChI=1S/C31H42N6O8/c1-19(38)36-26-24(39)16-31(30(43)44-2,35-17-23(37-33)10-6-7-15-32)45-28(26)27(41)25(40)18-34-29(42)22-13-11-21(12-14-22)20-8-4-3-5-9-20/h3-5,8-9,11-14,17,24-28,39-41H,6-7,10,15-16,18,32-33H2,1-2H3,(H,34,42)(H,36,38)/t24?,25-,26?,27?,28?,31?/m1/s1. The molecule has 14 nitrogen and oxygen atoms in total. The van der Waals surface area contributed by atoms with Crippen molar-refractivity contribution in [3.63, 3.8) is 0 Å². The fraction of sp³-hybridized carbons (Fsp3) is 0.452. The Labute approximate surface area is 261 Å². The molecule has 2 aromatic carbocycles. The third-order valence-corrected chi connectivity index (χ3v) is 7.39. The Morgan fingerprint density at radius 3 is 2.38 bits per heavy atom. The van der Waals surface area contributed by atoms with Crippen LogP contribution in [0.3, 0.4) is 0 Å². The van der Waals surface area contributed by atoms with Crippen molar-refractivity contribution in [3.8, 4) is 11.1 Å². The third kappa shape index (κ3) is 9.39. The first-order valence-electron chi connectivity index (χ1n) is 14.6. The van der Waals surface area contributed by atoms with Crippen LogP contribution in [0.15, 0.2) is 64.7 Å². The number of carbonyl (C=O) groups excluding carboxylic acids is 3. The van der Waals surface area contributed by atoms with Crippen LogP contribution in [0, 0.1) is 0 Å². The molecule has 0 aromatic heterocycles. The molecular formula is C31H42N6O8. The third-order valence-electron chi connectivity index (χ3n) is 7.39. The fourth-order valence-corrected chi connectivity index (χ4v) is 4.97. The van der Waals surface area contributed by atoms with E-state index in [1.807, 2.05) is 30.3 Å². The Morgan fingerprint density at radius 1 is 1.11 bits per heavy atom. The van der Waals surface area contributed by atoms with Gasteiger partial charge < -0.3 is 47.0 Å². The van der Waals surface area contributed by atoms with E-state index in [0.717, 1.165) is 18.2 Å². The molecule has 5 unspecified atom stereocenters. The summed E-state index contributed by atoms with van der Waals surface area (Å²) in [5, 5.41) is 41.9. The van der Waals surface area contributed by atoms with E-state index in [-0.39, 0.29) is 0 Å². The number of nitrogens with one attached hydrogen (secondary N) is 2. The van der Waals surface area contributed by atoms with Crippen LogP contribution in [0.1, 0.15) is 43.0 Å². The van der Waals surface area contributed by atoms with Gasteiger partial charge in [-0.1, -0.05) is 42.5 Å². The minimum absolute atomic E-state index is 0.311. The second-order valence-corrected chi connectivity index (χ2v) is 10.7. The van der Waals surface area contributed by atoms with Crippen LogP contribution < -0.4 is 22.2 Å². The van der Waals surface area contributed by atoms with Crippen LogP contribution >= 0.6 is 0 Å². The van der Waals surface area contributed by atoms with Gasteiger partial charge in [0.25, 0.3) is 11.6 Å². The number of rotatable bonds is 14. The molecule has 1 aliphatic heterocycles. The molecule has 0 radical (unpaired) electrons. The summed E-state index contributed by atoms with van der Waals surface area (Å²) >= 11 is 0. The van der Waals surface area contributed by atoms with Crippen molar-refractivity contribution in [1.82, 2.24) is 10.6 Å². The van der Waals surface area contributed by atoms with Crippen LogP contribution in [0.4, 0.5) is 0 Å². The average Bonchev–Trinajstić information content (AvgIpc) is 3.05. The fourth-order valence-electron chi connectivity index (χ4n) is 4.97. The van der Waals surface area contributed by atoms with E-state index < -0.39 is 66.9 Å². The van der Waals surface area contributed by atoms with Gasteiger partial charge in [0.2, 0.25) is 5.91 Å². The summed E-state index contributed by atoms with van der Waals surface area (Å²) < 4.78 is 10.9. The highest BCUT2D eigenvalue weighted by Gasteiger charge is 2.55. The Balaban J connectivity index is 1.78. The van der Waals surface area contributed by atoms with Gasteiger partial charge in [-0.25, -0.2) is 9.79 Å². The molecule has 1 aliphatic rings. The second-order valence-electron chi connectivity index (χ2n) is 10.7. The summed E-state index contributed by atoms with van der Waals surface area (Å²) in [5.74, 6) is 3.40. The number of amides is 2. The lowest BCUT2D eigenvalue weighted by Crippen LogP contribution is -2.67. The first-order chi connectivity index (χ1) is 21.5. The lowest BCUT2D eigenvalue weighted by Gasteiger charge is -2.45. The van der Waals surface area contributed by atoms with Gasteiger partial charge >= 0.3 is 5.97 Å². The molecule has 1 saturated heterocycles. The molecule has 1 heterocycles. The van der Waals surface area contributed by atoms with E-state index in [1.54, 1.807) is 24.3 Å². The highest BCUT2D eigenvalue weighted by Crippen LogP contribution is 2.34. The lowest BCUT2D eigenvalue weighted by atomic mass is 9.87. The highest BCUT2D eigenvalue weighted by atomic mass is 16.6. The number of benzene rings is 2. The average molecular weight is 627 g/mol. The van der Waals surface area contributed by atoms with E-state index in [2.05, 4.69) is 20.7 Å².